The molecule has 2 N–H and O–H groups in total. The van der Waals surface area contributed by atoms with Gasteiger partial charge in [0.2, 0.25) is 5.95 Å². The second-order valence-corrected chi connectivity index (χ2v) is 3.80. The van der Waals surface area contributed by atoms with E-state index in [2.05, 4.69) is 20.3 Å². The number of anilines is 1. The van der Waals surface area contributed by atoms with Crippen LogP contribution in [-0.4, -0.2) is 25.0 Å². The number of nitrogens with two attached hydrogens (primary N) is 1. The Hall–Kier alpha value is -2.21. The average Bonchev–Trinajstić information content (AvgIpc) is 2.76. The highest BCUT2D eigenvalue weighted by molar-refractivity contribution is 6.32. The number of aromatic nitrogens is 5. The largest absolute Gasteiger partial charge is 0.368 e. The van der Waals surface area contributed by atoms with Crippen LogP contribution in [0.4, 0.5) is 5.95 Å². The van der Waals surface area contributed by atoms with E-state index in [0.717, 1.165) is 11.0 Å². The molecule has 0 saturated heterocycles. The van der Waals surface area contributed by atoms with Gasteiger partial charge in [0.25, 0.3) is 0 Å². The average molecular weight is 247 g/mol. The smallest absolute Gasteiger partial charge is 0.222 e. The van der Waals surface area contributed by atoms with Crippen molar-refractivity contribution in [2.75, 3.05) is 5.73 Å². The third-order valence-corrected chi connectivity index (χ3v) is 2.56. The molecule has 84 valence electrons. The normalized spacial score (nSPS) is 10.9. The maximum atomic E-state index is 6.02. The highest BCUT2D eigenvalue weighted by Gasteiger charge is 2.11. The summed E-state index contributed by atoms with van der Waals surface area (Å²) in [5, 5.41) is 8.39. The molecule has 0 aliphatic heterocycles. The molecule has 2 aromatic heterocycles. The van der Waals surface area contributed by atoms with Crippen LogP contribution in [-0.2, 0) is 0 Å². The summed E-state index contributed by atoms with van der Waals surface area (Å²) in [6, 6.07) is 7.51. The summed E-state index contributed by atoms with van der Waals surface area (Å²) in [5.74, 6) is 0.567. The van der Waals surface area contributed by atoms with Crippen LogP contribution in [0.25, 0.3) is 16.9 Å². The molecular formula is C10H7ClN6. The molecule has 6 nitrogen and oxygen atoms in total. The zero-order chi connectivity index (χ0) is 11.8. The van der Waals surface area contributed by atoms with E-state index in [4.69, 9.17) is 17.3 Å². The van der Waals surface area contributed by atoms with Crippen LogP contribution in [0.5, 0.6) is 0 Å². The molecule has 0 fully saturated rings. The van der Waals surface area contributed by atoms with Crippen molar-refractivity contribution in [2.24, 2.45) is 0 Å². The van der Waals surface area contributed by atoms with E-state index < -0.39 is 0 Å². The van der Waals surface area contributed by atoms with Crippen molar-refractivity contribution in [3.63, 3.8) is 0 Å². The maximum Gasteiger partial charge on any atom is 0.222 e. The van der Waals surface area contributed by atoms with E-state index in [1.807, 2.05) is 24.3 Å². The number of para-hydroxylation sites is 1. The summed E-state index contributed by atoms with van der Waals surface area (Å²) in [7, 11) is 0. The summed E-state index contributed by atoms with van der Waals surface area (Å²) in [5.41, 5.74) is 7.11. The van der Waals surface area contributed by atoms with E-state index in [1.165, 1.54) is 10.9 Å². The molecule has 2 heterocycles. The van der Waals surface area contributed by atoms with E-state index >= 15 is 0 Å². The molecule has 1 aromatic carbocycles. The second kappa shape index (κ2) is 3.67. The molecular weight excluding hydrogens is 240 g/mol. The van der Waals surface area contributed by atoms with Crippen molar-refractivity contribution in [3.05, 3.63) is 35.5 Å². The van der Waals surface area contributed by atoms with Crippen molar-refractivity contribution in [3.8, 4) is 5.82 Å². The highest BCUT2D eigenvalue weighted by atomic mass is 35.5. The van der Waals surface area contributed by atoms with Gasteiger partial charge in [0.1, 0.15) is 10.5 Å². The van der Waals surface area contributed by atoms with Crippen LogP contribution >= 0.6 is 11.6 Å². The summed E-state index contributed by atoms with van der Waals surface area (Å²) in [4.78, 5) is 7.86. The van der Waals surface area contributed by atoms with Crippen LogP contribution in [0.3, 0.4) is 0 Å². The minimum Gasteiger partial charge on any atom is -0.368 e. The number of hydrogen-bond donors (Lipinski definition) is 1. The van der Waals surface area contributed by atoms with Gasteiger partial charge in [0, 0.05) is 0 Å². The lowest BCUT2D eigenvalue weighted by Gasteiger charge is -2.03. The van der Waals surface area contributed by atoms with Crippen molar-refractivity contribution in [2.45, 2.75) is 0 Å². The molecule has 0 radical (unpaired) electrons. The second-order valence-electron chi connectivity index (χ2n) is 3.39. The Kier molecular flexibility index (Phi) is 2.15. The Labute approximate surface area is 101 Å². The standard InChI is InChI=1S/C10H7ClN6/c11-6-5-13-10(12)14-9(6)17-8-4-2-1-3-7(8)15-16-17/h1-5H,(H2,12,13,14). The molecule has 0 aliphatic rings. The van der Waals surface area contributed by atoms with Gasteiger partial charge in [-0.2, -0.15) is 9.67 Å². The lowest BCUT2D eigenvalue weighted by atomic mass is 10.3. The quantitative estimate of drug-likeness (QED) is 0.703. The lowest BCUT2D eigenvalue weighted by Crippen LogP contribution is -2.04. The summed E-state index contributed by atoms with van der Waals surface area (Å²) in [6.07, 6.45) is 1.44. The minimum atomic E-state index is 0.143. The third kappa shape index (κ3) is 1.58. The summed E-state index contributed by atoms with van der Waals surface area (Å²) < 4.78 is 1.54. The van der Waals surface area contributed by atoms with Gasteiger partial charge in [-0.25, -0.2) is 4.98 Å². The molecule has 0 saturated carbocycles. The van der Waals surface area contributed by atoms with E-state index in [0.29, 0.717) is 10.8 Å². The fourth-order valence-electron chi connectivity index (χ4n) is 1.55. The van der Waals surface area contributed by atoms with E-state index in [1.54, 1.807) is 0 Å². The monoisotopic (exact) mass is 246 g/mol. The molecule has 0 bridgehead atoms. The fourth-order valence-corrected chi connectivity index (χ4v) is 1.72. The van der Waals surface area contributed by atoms with Crippen LogP contribution in [0.2, 0.25) is 5.02 Å². The molecule has 0 atom stereocenters. The van der Waals surface area contributed by atoms with Gasteiger partial charge in [0.05, 0.1) is 11.7 Å². The molecule has 0 amide bonds. The topological polar surface area (TPSA) is 82.5 Å². The van der Waals surface area contributed by atoms with Gasteiger partial charge in [0.15, 0.2) is 5.82 Å². The van der Waals surface area contributed by atoms with Crippen molar-refractivity contribution in [1.29, 1.82) is 0 Å². The third-order valence-electron chi connectivity index (χ3n) is 2.30. The van der Waals surface area contributed by atoms with Crippen LogP contribution < -0.4 is 5.73 Å². The zero-order valence-corrected chi connectivity index (χ0v) is 9.33. The Morgan fingerprint density at radius 3 is 2.94 bits per heavy atom. The Balaban J connectivity index is 2.31. The molecule has 3 rings (SSSR count). The number of rotatable bonds is 1. The number of fused-ring (bicyclic) bond motifs is 1. The van der Waals surface area contributed by atoms with Gasteiger partial charge < -0.3 is 5.73 Å². The summed E-state index contributed by atoms with van der Waals surface area (Å²) >= 11 is 6.02. The number of nitrogen functional groups attached to an aromatic ring is 1. The molecule has 7 heteroatoms. The molecule has 0 unspecified atom stereocenters. The van der Waals surface area contributed by atoms with Crippen LogP contribution in [0.15, 0.2) is 30.5 Å². The van der Waals surface area contributed by atoms with Gasteiger partial charge in [-0.15, -0.1) is 5.10 Å². The first-order valence-corrected chi connectivity index (χ1v) is 5.22. The lowest BCUT2D eigenvalue weighted by molar-refractivity contribution is 0.799. The number of hydrogen-bond acceptors (Lipinski definition) is 5. The van der Waals surface area contributed by atoms with Crippen LogP contribution in [0, 0.1) is 0 Å². The fraction of sp³-hybridized carbons (Fsp3) is 0. The van der Waals surface area contributed by atoms with Gasteiger partial charge in [-0.05, 0) is 12.1 Å². The molecule has 3 aromatic rings. The predicted molar refractivity (Wildman–Crippen MR) is 63.9 cm³/mol. The van der Waals surface area contributed by atoms with E-state index in [-0.39, 0.29) is 5.95 Å². The Bertz CT molecular complexity index is 692. The maximum absolute atomic E-state index is 6.02. The molecule has 0 aliphatic carbocycles. The van der Waals surface area contributed by atoms with E-state index in [9.17, 15) is 0 Å². The number of halogens is 1. The van der Waals surface area contributed by atoms with Crippen molar-refractivity contribution >= 4 is 28.6 Å². The zero-order valence-electron chi connectivity index (χ0n) is 8.58. The SMILES string of the molecule is Nc1ncc(Cl)c(-n2nnc3ccccc32)n1. The first-order valence-electron chi connectivity index (χ1n) is 4.84. The molecule has 17 heavy (non-hydrogen) atoms. The molecule has 0 spiro atoms. The van der Waals surface area contributed by atoms with Crippen LogP contribution in [0.1, 0.15) is 0 Å². The predicted octanol–water partition coefficient (Wildman–Crippen LogP) is 1.45. The minimum absolute atomic E-state index is 0.143. The first-order chi connectivity index (χ1) is 8.25. The Morgan fingerprint density at radius 1 is 1.24 bits per heavy atom. The van der Waals surface area contributed by atoms with Gasteiger partial charge >= 0.3 is 0 Å². The highest BCUT2D eigenvalue weighted by Crippen LogP contribution is 2.20. The number of nitrogens with zero attached hydrogens (tertiary/aromatic N) is 5. The summed E-state index contributed by atoms with van der Waals surface area (Å²) in [6.45, 7) is 0. The number of benzene rings is 1. The van der Waals surface area contributed by atoms with Crippen molar-refractivity contribution < 1.29 is 0 Å². The van der Waals surface area contributed by atoms with Crippen molar-refractivity contribution in [1.82, 2.24) is 25.0 Å². The van der Waals surface area contributed by atoms with Gasteiger partial charge in [-0.3, -0.25) is 0 Å². The first kappa shape index (κ1) is 9.98. The Morgan fingerprint density at radius 2 is 2.06 bits per heavy atom. The van der Waals surface area contributed by atoms with Gasteiger partial charge in [-0.1, -0.05) is 28.9 Å².